The summed E-state index contributed by atoms with van der Waals surface area (Å²) in [5.74, 6) is -9.55. The monoisotopic (exact) mass is 636 g/mol. The molecule has 2 heterocycles. The molecule has 0 radical (unpaired) electrons. The molecule has 2 aromatic rings. The molecule has 0 aromatic carbocycles. The second-order valence-electron chi connectivity index (χ2n) is 6.18. The van der Waals surface area contributed by atoms with Gasteiger partial charge in [-0.2, -0.15) is 52.7 Å². The van der Waals surface area contributed by atoms with Gasteiger partial charge < -0.3 is 0 Å². The van der Waals surface area contributed by atoms with Crippen molar-refractivity contribution in [2.45, 2.75) is 37.5 Å². The van der Waals surface area contributed by atoms with Crippen LogP contribution in [-0.2, 0) is 16.5 Å². The molecular formula is C20H18F12N2NiO4+4. The van der Waals surface area contributed by atoms with Crippen molar-refractivity contribution in [1.82, 2.24) is 9.97 Å². The van der Waals surface area contributed by atoms with E-state index < -0.39 is 60.7 Å². The number of alkyl halides is 12. The maximum Gasteiger partial charge on any atom is 0.505 e. The first kappa shape index (κ1) is 40.1. The van der Waals surface area contributed by atoms with Crippen LogP contribution in [0.25, 0.3) is 0 Å². The summed E-state index contributed by atoms with van der Waals surface area (Å²) in [6, 6.07) is 11.4. The van der Waals surface area contributed by atoms with E-state index in [-0.39, 0.29) is 16.5 Å². The summed E-state index contributed by atoms with van der Waals surface area (Å²) < 4.78 is 137. The van der Waals surface area contributed by atoms with E-state index in [1.807, 2.05) is 36.4 Å². The molecule has 0 aliphatic heterocycles. The van der Waals surface area contributed by atoms with Gasteiger partial charge in [0.2, 0.25) is 0 Å². The zero-order valence-corrected chi connectivity index (χ0v) is 19.7. The van der Waals surface area contributed by atoms with Crippen LogP contribution >= 0.6 is 0 Å². The minimum Gasteiger partial charge on any atom is -0.273 e. The first-order chi connectivity index (χ1) is 17.1. The number of ketones is 4. The van der Waals surface area contributed by atoms with E-state index in [4.69, 9.17) is 19.2 Å². The van der Waals surface area contributed by atoms with Crippen molar-refractivity contribution in [3.05, 3.63) is 61.2 Å². The number of aromatic nitrogens is 2. The number of pyridine rings is 2. The third-order valence-corrected chi connectivity index (χ3v) is 3.11. The quantitative estimate of drug-likeness (QED) is 0.195. The molecule has 2 aromatic heterocycles. The van der Waals surface area contributed by atoms with E-state index in [9.17, 15) is 52.7 Å². The maximum absolute atomic E-state index is 11.4. The largest absolute Gasteiger partial charge is 0.505 e. The Hall–Kier alpha value is -3.37. The SMILES string of the molecule is [Ni].[OH+]=C(CC(=[OH+])C(F)(F)F)C(F)(F)F.[OH+]=C(CC(=[OH+])C(F)(F)F)C(F)(F)F.c1ccncc1.c1ccncc1. The third kappa shape index (κ3) is 22.3. The molecule has 0 atom stereocenters. The maximum atomic E-state index is 11.4. The van der Waals surface area contributed by atoms with Gasteiger partial charge in [-0.3, -0.25) is 29.1 Å². The summed E-state index contributed by atoms with van der Waals surface area (Å²) >= 11 is 0. The Morgan fingerprint density at radius 2 is 0.590 bits per heavy atom. The van der Waals surface area contributed by atoms with E-state index in [1.54, 1.807) is 24.8 Å². The van der Waals surface area contributed by atoms with Gasteiger partial charge in [0, 0.05) is 41.3 Å². The van der Waals surface area contributed by atoms with Gasteiger partial charge in [-0.05, 0) is 24.3 Å². The Morgan fingerprint density at radius 1 is 0.410 bits per heavy atom. The minimum absolute atomic E-state index is 0. The zero-order valence-electron chi connectivity index (χ0n) is 18.7. The van der Waals surface area contributed by atoms with Gasteiger partial charge in [-0.15, -0.1) is 0 Å². The number of rotatable bonds is 4. The Balaban J connectivity index is -0.000000463. The van der Waals surface area contributed by atoms with Crippen molar-refractivity contribution in [1.29, 1.82) is 0 Å². The normalized spacial score (nSPS) is 11.0. The fourth-order valence-electron chi connectivity index (χ4n) is 1.34. The second-order valence-corrected chi connectivity index (χ2v) is 6.18. The van der Waals surface area contributed by atoms with Crippen LogP contribution < -0.4 is 0 Å². The summed E-state index contributed by atoms with van der Waals surface area (Å²) in [4.78, 5) is 39.7. The van der Waals surface area contributed by atoms with Crippen LogP contribution in [0, 0.1) is 0 Å². The summed E-state index contributed by atoms with van der Waals surface area (Å²) in [7, 11) is 0. The summed E-state index contributed by atoms with van der Waals surface area (Å²) in [6.45, 7) is 0. The van der Waals surface area contributed by atoms with Gasteiger partial charge in [0.15, 0.2) is 12.8 Å². The number of halogens is 12. The Morgan fingerprint density at radius 3 is 0.667 bits per heavy atom. The minimum atomic E-state index is -5.25. The fourth-order valence-corrected chi connectivity index (χ4v) is 1.34. The predicted octanol–water partition coefficient (Wildman–Crippen LogP) is 5.34. The van der Waals surface area contributed by atoms with Crippen LogP contribution in [0.4, 0.5) is 52.7 Å². The zero-order chi connectivity index (χ0) is 30.2. The van der Waals surface area contributed by atoms with Crippen LogP contribution in [0.15, 0.2) is 61.2 Å². The van der Waals surface area contributed by atoms with Gasteiger partial charge in [0.25, 0.3) is 0 Å². The van der Waals surface area contributed by atoms with Crippen molar-refractivity contribution < 1.29 is 88.4 Å². The molecular weight excluding hydrogens is 619 g/mol. The molecule has 0 saturated carbocycles. The van der Waals surface area contributed by atoms with Crippen LogP contribution in [0.3, 0.4) is 0 Å². The van der Waals surface area contributed by atoms with E-state index in [1.165, 1.54) is 0 Å². The molecule has 0 aliphatic carbocycles. The summed E-state index contributed by atoms with van der Waals surface area (Å²) in [5.41, 5.74) is 0. The Kier molecular flexibility index (Phi) is 18.5. The number of hydrogen-bond donors (Lipinski definition) is 0. The van der Waals surface area contributed by atoms with Crippen molar-refractivity contribution in [2.24, 2.45) is 0 Å². The Labute approximate surface area is 220 Å². The van der Waals surface area contributed by atoms with Crippen LogP contribution in [-0.4, -0.2) is 77.0 Å². The molecule has 2 rings (SSSR count). The second kappa shape index (κ2) is 18.0. The van der Waals surface area contributed by atoms with E-state index >= 15 is 0 Å². The smallest absolute Gasteiger partial charge is 0.273 e. The van der Waals surface area contributed by atoms with E-state index in [2.05, 4.69) is 9.97 Å². The molecule has 0 aliphatic rings. The average Bonchev–Trinajstić information content (AvgIpc) is 2.80. The fraction of sp³-hybridized carbons (Fsp3) is 0.300. The van der Waals surface area contributed by atoms with Gasteiger partial charge in [0.05, 0.1) is 0 Å². The first-order valence-electron chi connectivity index (χ1n) is 9.28. The molecule has 222 valence electrons. The van der Waals surface area contributed by atoms with E-state index in [0.717, 1.165) is 0 Å². The molecule has 6 nitrogen and oxygen atoms in total. The molecule has 0 saturated heterocycles. The van der Waals surface area contributed by atoms with Crippen molar-refractivity contribution in [3.63, 3.8) is 0 Å². The molecule has 0 unspecified atom stereocenters. The van der Waals surface area contributed by atoms with Gasteiger partial charge in [-0.1, -0.05) is 12.1 Å². The molecule has 0 amide bonds. The summed E-state index contributed by atoms with van der Waals surface area (Å²) in [6.07, 6.45) is -17.9. The van der Waals surface area contributed by atoms with Gasteiger partial charge >= 0.3 is 47.8 Å². The van der Waals surface area contributed by atoms with Gasteiger partial charge in [-0.25, -0.2) is 0 Å². The Bertz CT molecular complexity index is 811. The number of carbonyl (C=O) groups excluding carboxylic acids is 4. The molecule has 0 bridgehead atoms. The summed E-state index contributed by atoms with van der Waals surface area (Å²) in [5, 5.41) is 0. The molecule has 39 heavy (non-hydrogen) atoms. The van der Waals surface area contributed by atoms with Crippen LogP contribution in [0.5, 0.6) is 0 Å². The molecule has 0 fully saturated rings. The van der Waals surface area contributed by atoms with Crippen LogP contribution in [0.2, 0.25) is 0 Å². The molecule has 19 heteroatoms. The first-order valence-corrected chi connectivity index (χ1v) is 9.28. The molecule has 0 spiro atoms. The topological polar surface area (TPSA) is 111 Å². The van der Waals surface area contributed by atoms with E-state index in [0.29, 0.717) is 0 Å². The molecule has 4 N–H and O–H groups in total. The van der Waals surface area contributed by atoms with Crippen molar-refractivity contribution in [3.8, 4) is 0 Å². The standard InChI is InChI=1S/2C5H2F6O2.2C5H5N.Ni/c2*6-4(7,8)2(12)1-3(13)5(9,10)11;2*1-2-4-6-5-3-1;/h2*1H2;2*1-5H;/p+4. The predicted molar refractivity (Wildman–Crippen MR) is 110 cm³/mol. The third-order valence-electron chi connectivity index (χ3n) is 3.11. The van der Waals surface area contributed by atoms with Gasteiger partial charge in [0.1, 0.15) is 0 Å². The van der Waals surface area contributed by atoms with Crippen molar-refractivity contribution in [2.75, 3.05) is 0 Å². The number of hydrogen-bond acceptors (Lipinski definition) is 2. The van der Waals surface area contributed by atoms with Crippen molar-refractivity contribution >= 4 is 23.1 Å². The number of nitrogens with zero attached hydrogens (tertiary/aromatic N) is 2. The van der Waals surface area contributed by atoms with Crippen LogP contribution in [0.1, 0.15) is 12.8 Å². The average molecular weight is 637 g/mol.